The molecule has 0 bridgehead atoms. The zero-order valence-corrected chi connectivity index (χ0v) is 9.39. The molecule has 2 aliphatic rings. The number of nitriles is 1. The van der Waals surface area contributed by atoms with Gasteiger partial charge in [-0.1, -0.05) is 24.6 Å². The molecule has 1 fully saturated rings. The van der Waals surface area contributed by atoms with E-state index in [9.17, 15) is 0 Å². The molecule has 0 aromatic heterocycles. The van der Waals surface area contributed by atoms with E-state index >= 15 is 0 Å². The number of benzene rings is 1. The van der Waals surface area contributed by atoms with Crippen LogP contribution in [0.4, 0.5) is 5.69 Å². The van der Waals surface area contributed by atoms with Crippen LogP contribution in [0.25, 0.3) is 0 Å². The van der Waals surface area contributed by atoms with Gasteiger partial charge < -0.3 is 4.90 Å². The standard InChI is InChI=1S/C14H16N2/c15-8-9-16-13-6-2-1-4-11(13)10-12-5-3-7-14(12)16/h1-2,4,6,12,14H,3,5,7,9-10H2/t12-,14-/m0/s1. The monoisotopic (exact) mass is 212 g/mol. The number of hydrogen-bond donors (Lipinski definition) is 0. The SMILES string of the molecule is N#CCN1c2ccccc2C[C@@H]2CCC[C@@H]21. The Morgan fingerprint density at radius 3 is 3.06 bits per heavy atom. The highest BCUT2D eigenvalue weighted by Crippen LogP contribution is 2.41. The average Bonchev–Trinajstić information content (AvgIpc) is 2.77. The predicted octanol–water partition coefficient (Wildman–Crippen LogP) is 2.74. The van der Waals surface area contributed by atoms with Gasteiger partial charge in [-0.2, -0.15) is 5.26 Å². The van der Waals surface area contributed by atoms with Gasteiger partial charge in [-0.25, -0.2) is 0 Å². The van der Waals surface area contributed by atoms with Crippen LogP contribution in [0.1, 0.15) is 24.8 Å². The van der Waals surface area contributed by atoms with Crippen molar-refractivity contribution in [2.45, 2.75) is 31.7 Å². The summed E-state index contributed by atoms with van der Waals surface area (Å²) in [6.45, 7) is 0.540. The molecule has 2 nitrogen and oxygen atoms in total. The molecule has 0 amide bonds. The van der Waals surface area contributed by atoms with E-state index in [0.717, 1.165) is 5.92 Å². The quantitative estimate of drug-likeness (QED) is 0.669. The summed E-state index contributed by atoms with van der Waals surface area (Å²) in [5.74, 6) is 0.781. The Hall–Kier alpha value is -1.49. The fraction of sp³-hybridized carbons (Fsp3) is 0.500. The van der Waals surface area contributed by atoms with Gasteiger partial charge in [0.1, 0.15) is 6.54 Å². The first-order valence-corrected chi connectivity index (χ1v) is 6.11. The van der Waals surface area contributed by atoms with Crippen molar-refractivity contribution in [1.82, 2.24) is 0 Å². The summed E-state index contributed by atoms with van der Waals surface area (Å²) < 4.78 is 0. The highest BCUT2D eigenvalue weighted by molar-refractivity contribution is 5.57. The van der Waals surface area contributed by atoms with Crippen molar-refractivity contribution in [2.24, 2.45) is 5.92 Å². The van der Waals surface area contributed by atoms with E-state index in [4.69, 9.17) is 5.26 Å². The molecular weight excluding hydrogens is 196 g/mol. The lowest BCUT2D eigenvalue weighted by Crippen LogP contribution is -2.42. The summed E-state index contributed by atoms with van der Waals surface area (Å²) in [4.78, 5) is 2.33. The molecule has 3 rings (SSSR count). The molecule has 1 heterocycles. The topological polar surface area (TPSA) is 27.0 Å². The molecule has 1 aliphatic heterocycles. The third-order valence-corrected chi connectivity index (χ3v) is 4.04. The third-order valence-electron chi connectivity index (χ3n) is 4.04. The molecule has 0 N–H and O–H groups in total. The van der Waals surface area contributed by atoms with E-state index in [-0.39, 0.29) is 0 Å². The lowest BCUT2D eigenvalue weighted by Gasteiger charge is -2.39. The van der Waals surface area contributed by atoms with Crippen LogP contribution in [0.2, 0.25) is 0 Å². The largest absolute Gasteiger partial charge is 0.355 e. The van der Waals surface area contributed by atoms with E-state index < -0.39 is 0 Å². The number of rotatable bonds is 1. The Balaban J connectivity index is 2.02. The Morgan fingerprint density at radius 1 is 1.31 bits per heavy atom. The summed E-state index contributed by atoms with van der Waals surface area (Å²) in [7, 11) is 0. The van der Waals surface area contributed by atoms with Crippen LogP contribution < -0.4 is 4.90 Å². The molecular formula is C14H16N2. The highest BCUT2D eigenvalue weighted by atomic mass is 15.2. The van der Waals surface area contributed by atoms with Crippen LogP contribution in [0.15, 0.2) is 24.3 Å². The second-order valence-corrected chi connectivity index (χ2v) is 4.88. The molecule has 0 saturated heterocycles. The van der Waals surface area contributed by atoms with Crippen molar-refractivity contribution in [3.63, 3.8) is 0 Å². The maximum atomic E-state index is 8.97. The van der Waals surface area contributed by atoms with Crippen LogP contribution in [0.5, 0.6) is 0 Å². The number of para-hydroxylation sites is 1. The fourth-order valence-corrected chi connectivity index (χ4v) is 3.37. The Morgan fingerprint density at radius 2 is 2.19 bits per heavy atom. The van der Waals surface area contributed by atoms with E-state index in [1.54, 1.807) is 0 Å². The molecule has 2 heteroatoms. The van der Waals surface area contributed by atoms with Gasteiger partial charge in [-0.3, -0.25) is 0 Å². The Kier molecular flexibility index (Phi) is 2.32. The molecule has 2 atom stereocenters. The summed E-state index contributed by atoms with van der Waals surface area (Å²) in [5, 5.41) is 8.97. The van der Waals surface area contributed by atoms with Crippen molar-refractivity contribution in [3.8, 4) is 6.07 Å². The number of fused-ring (bicyclic) bond motifs is 2. The zero-order chi connectivity index (χ0) is 11.0. The molecule has 82 valence electrons. The lowest BCUT2D eigenvalue weighted by molar-refractivity contribution is 0.435. The number of nitrogens with zero attached hydrogens (tertiary/aromatic N) is 2. The van der Waals surface area contributed by atoms with Crippen LogP contribution in [0, 0.1) is 17.2 Å². The first kappa shape index (κ1) is 9.72. The van der Waals surface area contributed by atoms with Crippen molar-refractivity contribution in [3.05, 3.63) is 29.8 Å². The maximum absolute atomic E-state index is 8.97. The van der Waals surface area contributed by atoms with Crippen molar-refractivity contribution in [1.29, 1.82) is 5.26 Å². The molecule has 0 radical (unpaired) electrons. The maximum Gasteiger partial charge on any atom is 0.106 e. The van der Waals surface area contributed by atoms with Crippen LogP contribution in [-0.2, 0) is 6.42 Å². The van der Waals surface area contributed by atoms with Crippen LogP contribution in [-0.4, -0.2) is 12.6 Å². The summed E-state index contributed by atoms with van der Waals surface area (Å²) in [6, 6.07) is 11.5. The van der Waals surface area contributed by atoms with E-state index in [1.165, 1.54) is 36.9 Å². The molecule has 0 unspecified atom stereocenters. The smallest absolute Gasteiger partial charge is 0.106 e. The average molecular weight is 212 g/mol. The Labute approximate surface area is 96.5 Å². The van der Waals surface area contributed by atoms with Crippen molar-refractivity contribution in [2.75, 3.05) is 11.4 Å². The van der Waals surface area contributed by atoms with Crippen molar-refractivity contribution < 1.29 is 0 Å². The number of anilines is 1. The van der Waals surface area contributed by atoms with Gasteiger partial charge in [-0.05, 0) is 36.8 Å². The molecule has 16 heavy (non-hydrogen) atoms. The molecule has 1 aliphatic carbocycles. The predicted molar refractivity (Wildman–Crippen MR) is 64.2 cm³/mol. The summed E-state index contributed by atoms with van der Waals surface area (Å²) >= 11 is 0. The third kappa shape index (κ3) is 1.39. The van der Waals surface area contributed by atoms with Gasteiger partial charge in [-0.15, -0.1) is 0 Å². The second kappa shape index (κ2) is 3.83. The van der Waals surface area contributed by atoms with Gasteiger partial charge in [0, 0.05) is 11.7 Å². The highest BCUT2D eigenvalue weighted by Gasteiger charge is 2.36. The van der Waals surface area contributed by atoms with Gasteiger partial charge in [0.05, 0.1) is 6.07 Å². The molecule has 1 aromatic rings. The summed E-state index contributed by atoms with van der Waals surface area (Å²) in [5.41, 5.74) is 2.73. The van der Waals surface area contributed by atoms with Crippen LogP contribution in [0.3, 0.4) is 0 Å². The minimum Gasteiger partial charge on any atom is -0.355 e. The van der Waals surface area contributed by atoms with Crippen molar-refractivity contribution >= 4 is 5.69 Å². The normalized spacial score (nSPS) is 27.1. The first-order valence-electron chi connectivity index (χ1n) is 6.11. The summed E-state index contributed by atoms with van der Waals surface area (Å²) in [6.07, 6.45) is 5.13. The zero-order valence-electron chi connectivity index (χ0n) is 9.39. The van der Waals surface area contributed by atoms with E-state index in [2.05, 4.69) is 35.2 Å². The van der Waals surface area contributed by atoms with E-state index in [0.29, 0.717) is 12.6 Å². The first-order chi connectivity index (χ1) is 7.90. The van der Waals surface area contributed by atoms with Gasteiger partial charge >= 0.3 is 0 Å². The molecule has 1 saturated carbocycles. The molecule has 0 spiro atoms. The molecule has 1 aromatic carbocycles. The van der Waals surface area contributed by atoms with Gasteiger partial charge in [0.2, 0.25) is 0 Å². The van der Waals surface area contributed by atoms with Gasteiger partial charge in [0.25, 0.3) is 0 Å². The minimum atomic E-state index is 0.540. The number of hydrogen-bond acceptors (Lipinski definition) is 2. The fourth-order valence-electron chi connectivity index (χ4n) is 3.37. The second-order valence-electron chi connectivity index (χ2n) is 4.88. The Bertz CT molecular complexity index is 433. The van der Waals surface area contributed by atoms with E-state index in [1.807, 2.05) is 0 Å². The minimum absolute atomic E-state index is 0.540. The van der Waals surface area contributed by atoms with Gasteiger partial charge in [0.15, 0.2) is 0 Å². The lowest BCUT2D eigenvalue weighted by atomic mass is 9.88. The van der Waals surface area contributed by atoms with Crippen LogP contribution >= 0.6 is 0 Å².